The first kappa shape index (κ1) is 14.8. The van der Waals surface area contributed by atoms with Gasteiger partial charge in [-0.05, 0) is 44.2 Å². The molecule has 0 aliphatic heterocycles. The summed E-state index contributed by atoms with van der Waals surface area (Å²) in [6, 6.07) is 1.91. The van der Waals surface area contributed by atoms with Gasteiger partial charge in [-0.2, -0.15) is 0 Å². The van der Waals surface area contributed by atoms with Crippen molar-refractivity contribution in [2.24, 2.45) is 0 Å². The summed E-state index contributed by atoms with van der Waals surface area (Å²) in [4.78, 5) is 25.6. The number of aryl methyl sites for hydroxylation is 2. The van der Waals surface area contributed by atoms with Crippen LogP contribution < -0.4 is 5.32 Å². The Morgan fingerprint density at radius 3 is 2.95 bits per heavy atom. The lowest BCUT2D eigenvalue weighted by Gasteiger charge is -2.11. The highest BCUT2D eigenvalue weighted by Gasteiger charge is 2.22. The van der Waals surface area contributed by atoms with Crippen LogP contribution in [0.15, 0.2) is 18.7 Å². The van der Waals surface area contributed by atoms with Crippen LogP contribution in [0.5, 0.6) is 0 Å². The summed E-state index contributed by atoms with van der Waals surface area (Å²) in [5.74, 6) is -0.717. The van der Waals surface area contributed by atoms with E-state index in [0.717, 1.165) is 12.8 Å². The van der Waals surface area contributed by atoms with Crippen molar-refractivity contribution in [3.63, 3.8) is 0 Å². The molecule has 0 saturated heterocycles. The van der Waals surface area contributed by atoms with E-state index >= 15 is 0 Å². The van der Waals surface area contributed by atoms with Gasteiger partial charge < -0.3 is 10.1 Å². The van der Waals surface area contributed by atoms with E-state index in [0.29, 0.717) is 11.4 Å². The number of carbonyl (C=O) groups is 2. The van der Waals surface area contributed by atoms with E-state index in [1.807, 2.05) is 6.07 Å². The molecule has 1 aromatic heterocycles. The van der Waals surface area contributed by atoms with Crippen LogP contribution in [0, 0.1) is 0 Å². The van der Waals surface area contributed by atoms with Crippen molar-refractivity contribution in [2.45, 2.75) is 38.7 Å². The largest absolute Gasteiger partial charge is 0.448 e. The Morgan fingerprint density at radius 1 is 1.50 bits per heavy atom. The Morgan fingerprint density at radius 2 is 2.25 bits per heavy atom. The number of esters is 1. The molecule has 2 rings (SSSR count). The summed E-state index contributed by atoms with van der Waals surface area (Å²) in [5, 5.41) is 2.61. The number of ether oxygens (including phenoxy) is 1. The van der Waals surface area contributed by atoms with Gasteiger partial charge in [-0.1, -0.05) is 6.08 Å². The van der Waals surface area contributed by atoms with Crippen molar-refractivity contribution >= 4 is 23.2 Å². The molecule has 108 valence electrons. The molecular formula is C15H19NO3S. The van der Waals surface area contributed by atoms with Crippen molar-refractivity contribution in [1.82, 2.24) is 5.32 Å². The molecule has 1 atom stereocenters. The molecule has 20 heavy (non-hydrogen) atoms. The van der Waals surface area contributed by atoms with Crippen LogP contribution in [0.2, 0.25) is 0 Å². The molecule has 0 fully saturated rings. The molecule has 5 heteroatoms. The zero-order chi connectivity index (χ0) is 14.5. The van der Waals surface area contributed by atoms with Crippen molar-refractivity contribution < 1.29 is 14.3 Å². The third kappa shape index (κ3) is 3.48. The Hall–Kier alpha value is -1.62. The smallest absolute Gasteiger partial charge is 0.349 e. The molecular weight excluding hydrogens is 274 g/mol. The Labute approximate surface area is 122 Å². The van der Waals surface area contributed by atoms with Crippen molar-refractivity contribution in [3.05, 3.63) is 34.0 Å². The maximum Gasteiger partial charge on any atom is 0.349 e. The minimum absolute atomic E-state index is 0.306. The molecule has 0 saturated carbocycles. The average Bonchev–Trinajstić information content (AvgIpc) is 2.88. The Kier molecular flexibility index (Phi) is 4.95. The fourth-order valence-corrected chi connectivity index (χ4v) is 3.32. The van der Waals surface area contributed by atoms with E-state index in [2.05, 4.69) is 11.9 Å². The van der Waals surface area contributed by atoms with Crippen LogP contribution in [-0.4, -0.2) is 24.5 Å². The van der Waals surface area contributed by atoms with Gasteiger partial charge in [0.1, 0.15) is 4.88 Å². The molecule has 1 aromatic rings. The van der Waals surface area contributed by atoms with Crippen LogP contribution in [0.4, 0.5) is 0 Å². The van der Waals surface area contributed by atoms with Crippen molar-refractivity contribution in [2.75, 3.05) is 6.54 Å². The number of amides is 1. The number of fused-ring (bicyclic) bond motifs is 1. The minimum Gasteiger partial charge on any atom is -0.448 e. The fourth-order valence-electron chi connectivity index (χ4n) is 2.18. The summed E-state index contributed by atoms with van der Waals surface area (Å²) < 4.78 is 5.20. The van der Waals surface area contributed by atoms with Gasteiger partial charge in [0.2, 0.25) is 0 Å². The van der Waals surface area contributed by atoms with Gasteiger partial charge >= 0.3 is 5.97 Å². The maximum absolute atomic E-state index is 12.0. The van der Waals surface area contributed by atoms with Gasteiger partial charge in [0.05, 0.1) is 0 Å². The highest BCUT2D eigenvalue weighted by molar-refractivity contribution is 7.14. The molecule has 1 amide bonds. The molecule has 1 unspecified atom stereocenters. The normalized spacial score (nSPS) is 15.1. The highest BCUT2D eigenvalue weighted by atomic mass is 32.1. The second-order valence-electron chi connectivity index (χ2n) is 4.85. The zero-order valence-corrected chi connectivity index (χ0v) is 12.4. The van der Waals surface area contributed by atoms with Gasteiger partial charge in [-0.25, -0.2) is 4.79 Å². The van der Waals surface area contributed by atoms with Gasteiger partial charge in [-0.15, -0.1) is 17.9 Å². The predicted molar refractivity (Wildman–Crippen MR) is 79.0 cm³/mol. The summed E-state index contributed by atoms with van der Waals surface area (Å²) in [5.41, 5.74) is 1.26. The predicted octanol–water partition coefficient (Wildman–Crippen LogP) is 2.47. The summed E-state index contributed by atoms with van der Waals surface area (Å²) in [7, 11) is 0. The number of hydrogen-bond acceptors (Lipinski definition) is 4. The number of carbonyl (C=O) groups excluding carboxylic acids is 2. The molecule has 0 radical (unpaired) electrons. The lowest BCUT2D eigenvalue weighted by atomic mass is 9.99. The van der Waals surface area contributed by atoms with E-state index in [4.69, 9.17) is 4.74 Å². The number of rotatable bonds is 5. The maximum atomic E-state index is 12.0. The second-order valence-corrected chi connectivity index (χ2v) is 5.98. The average molecular weight is 293 g/mol. The Bertz CT molecular complexity index is 498. The van der Waals surface area contributed by atoms with E-state index in [-0.39, 0.29) is 5.91 Å². The monoisotopic (exact) mass is 293 g/mol. The molecule has 0 spiro atoms. The minimum atomic E-state index is -0.790. The van der Waals surface area contributed by atoms with Crippen LogP contribution in [0.1, 0.15) is 39.9 Å². The quantitative estimate of drug-likeness (QED) is 0.670. The van der Waals surface area contributed by atoms with Crippen molar-refractivity contribution in [1.29, 1.82) is 0 Å². The van der Waals surface area contributed by atoms with Crippen LogP contribution in [0.3, 0.4) is 0 Å². The number of nitrogens with one attached hydrogen (secondary N) is 1. The Balaban J connectivity index is 1.95. The van der Waals surface area contributed by atoms with E-state index < -0.39 is 12.1 Å². The first-order valence-corrected chi connectivity index (χ1v) is 7.64. The summed E-state index contributed by atoms with van der Waals surface area (Å²) >= 11 is 1.49. The van der Waals surface area contributed by atoms with Gasteiger partial charge in [0.25, 0.3) is 5.91 Å². The zero-order valence-electron chi connectivity index (χ0n) is 11.6. The van der Waals surface area contributed by atoms with Crippen LogP contribution in [-0.2, 0) is 22.4 Å². The van der Waals surface area contributed by atoms with Crippen molar-refractivity contribution in [3.8, 4) is 0 Å². The van der Waals surface area contributed by atoms with Gasteiger partial charge in [0.15, 0.2) is 6.10 Å². The third-order valence-electron chi connectivity index (χ3n) is 3.27. The molecule has 4 nitrogen and oxygen atoms in total. The second kappa shape index (κ2) is 6.70. The van der Waals surface area contributed by atoms with Gasteiger partial charge in [-0.3, -0.25) is 4.79 Å². The SMILES string of the molecule is C=CCNC(=O)C(C)OC(=O)c1cc2c(s1)CCCC2. The first-order chi connectivity index (χ1) is 9.61. The standard InChI is InChI=1S/C15H19NO3S/c1-3-8-16-14(17)10(2)19-15(18)13-9-11-6-4-5-7-12(11)20-13/h3,9-10H,1,4-8H2,2H3,(H,16,17). The molecule has 1 heterocycles. The fraction of sp³-hybridized carbons (Fsp3) is 0.467. The lowest BCUT2D eigenvalue weighted by molar-refractivity contribution is -0.128. The molecule has 1 N–H and O–H groups in total. The first-order valence-electron chi connectivity index (χ1n) is 6.83. The van der Waals surface area contributed by atoms with E-state index in [1.165, 1.54) is 34.6 Å². The summed E-state index contributed by atoms with van der Waals surface area (Å²) in [6.07, 6.45) is 5.24. The van der Waals surface area contributed by atoms with Crippen LogP contribution in [0.25, 0.3) is 0 Å². The molecule has 0 aromatic carbocycles. The molecule has 1 aliphatic rings. The summed E-state index contributed by atoms with van der Waals surface area (Å²) in [6.45, 7) is 5.46. The topological polar surface area (TPSA) is 55.4 Å². The van der Waals surface area contributed by atoms with Gasteiger partial charge in [0, 0.05) is 11.4 Å². The van der Waals surface area contributed by atoms with E-state index in [9.17, 15) is 9.59 Å². The third-order valence-corrected chi connectivity index (χ3v) is 4.49. The molecule has 0 bridgehead atoms. The van der Waals surface area contributed by atoms with Crippen LogP contribution >= 0.6 is 11.3 Å². The highest BCUT2D eigenvalue weighted by Crippen LogP contribution is 2.30. The van der Waals surface area contributed by atoms with E-state index in [1.54, 1.807) is 13.0 Å². The number of hydrogen-bond donors (Lipinski definition) is 1. The number of thiophene rings is 1. The molecule has 1 aliphatic carbocycles. The lowest BCUT2D eigenvalue weighted by Crippen LogP contribution is -2.35.